The highest BCUT2D eigenvalue weighted by atomic mass is 35.5. The zero-order valence-corrected chi connectivity index (χ0v) is 11.8. The van der Waals surface area contributed by atoms with Gasteiger partial charge in [-0.3, -0.25) is 4.79 Å². The minimum absolute atomic E-state index is 0. The molecule has 5 nitrogen and oxygen atoms in total. The number of amides is 1. The van der Waals surface area contributed by atoms with Crippen LogP contribution in [0.3, 0.4) is 0 Å². The SMILES string of the molecule is CN(CCCOc1ccccc1)C(=O)C(N)CO.Cl. The number of aliphatic hydroxyl groups excluding tert-OH is 1. The summed E-state index contributed by atoms with van der Waals surface area (Å²) in [5.74, 6) is 0.566. The van der Waals surface area contributed by atoms with Crippen LogP contribution in [0.25, 0.3) is 0 Å². The fourth-order valence-electron chi connectivity index (χ4n) is 1.48. The quantitative estimate of drug-likeness (QED) is 0.723. The molecule has 1 rings (SSSR count). The molecule has 1 aromatic carbocycles. The second-order valence-electron chi connectivity index (χ2n) is 4.06. The minimum Gasteiger partial charge on any atom is -0.494 e. The van der Waals surface area contributed by atoms with Gasteiger partial charge in [0.2, 0.25) is 5.91 Å². The first kappa shape index (κ1) is 17.7. The number of benzene rings is 1. The van der Waals surface area contributed by atoms with Gasteiger partial charge in [-0.2, -0.15) is 0 Å². The van der Waals surface area contributed by atoms with Gasteiger partial charge in [0.25, 0.3) is 0 Å². The van der Waals surface area contributed by atoms with Crippen molar-refractivity contribution in [2.24, 2.45) is 5.73 Å². The van der Waals surface area contributed by atoms with E-state index in [1.54, 1.807) is 7.05 Å². The van der Waals surface area contributed by atoms with Crippen LogP contribution in [-0.4, -0.2) is 48.8 Å². The Morgan fingerprint density at radius 3 is 2.63 bits per heavy atom. The molecule has 0 spiro atoms. The van der Waals surface area contributed by atoms with Crippen molar-refractivity contribution in [1.29, 1.82) is 0 Å². The number of aliphatic hydroxyl groups is 1. The summed E-state index contributed by atoms with van der Waals surface area (Å²) in [4.78, 5) is 13.0. The average molecular weight is 289 g/mol. The van der Waals surface area contributed by atoms with Gasteiger partial charge in [0, 0.05) is 13.6 Å². The maximum atomic E-state index is 11.5. The fourth-order valence-corrected chi connectivity index (χ4v) is 1.48. The molecule has 3 N–H and O–H groups in total. The van der Waals surface area contributed by atoms with Crippen molar-refractivity contribution < 1.29 is 14.6 Å². The van der Waals surface area contributed by atoms with Gasteiger partial charge in [-0.15, -0.1) is 12.4 Å². The Bertz CT molecular complexity index is 362. The summed E-state index contributed by atoms with van der Waals surface area (Å²) in [6.45, 7) is 0.763. The highest BCUT2D eigenvalue weighted by Crippen LogP contribution is 2.08. The van der Waals surface area contributed by atoms with Gasteiger partial charge in [-0.25, -0.2) is 0 Å². The molecule has 0 saturated heterocycles. The third-order valence-electron chi connectivity index (χ3n) is 2.54. The second kappa shape index (κ2) is 9.61. The van der Waals surface area contributed by atoms with Gasteiger partial charge < -0.3 is 20.5 Å². The van der Waals surface area contributed by atoms with Crippen molar-refractivity contribution in [3.8, 4) is 5.75 Å². The van der Waals surface area contributed by atoms with Gasteiger partial charge >= 0.3 is 0 Å². The fraction of sp³-hybridized carbons (Fsp3) is 0.462. The topological polar surface area (TPSA) is 75.8 Å². The molecule has 108 valence electrons. The van der Waals surface area contributed by atoms with Gasteiger partial charge in [0.05, 0.1) is 13.2 Å². The number of rotatable bonds is 7. The molecule has 0 aliphatic heterocycles. The number of nitrogens with zero attached hydrogens (tertiary/aromatic N) is 1. The van der Waals surface area contributed by atoms with Crippen LogP contribution in [0.15, 0.2) is 30.3 Å². The van der Waals surface area contributed by atoms with Crippen LogP contribution in [-0.2, 0) is 4.79 Å². The second-order valence-corrected chi connectivity index (χ2v) is 4.06. The number of para-hydroxylation sites is 1. The van der Waals surface area contributed by atoms with E-state index in [9.17, 15) is 4.79 Å². The highest BCUT2D eigenvalue weighted by molar-refractivity contribution is 5.85. The molecule has 1 amide bonds. The molecule has 0 aliphatic rings. The highest BCUT2D eigenvalue weighted by Gasteiger charge is 2.16. The number of carbonyl (C=O) groups is 1. The Morgan fingerprint density at radius 2 is 2.05 bits per heavy atom. The molecule has 0 aliphatic carbocycles. The van der Waals surface area contributed by atoms with E-state index in [-0.39, 0.29) is 24.9 Å². The lowest BCUT2D eigenvalue weighted by Crippen LogP contribution is -2.44. The molecule has 0 fully saturated rings. The van der Waals surface area contributed by atoms with Crippen LogP contribution >= 0.6 is 12.4 Å². The predicted molar refractivity (Wildman–Crippen MR) is 76.5 cm³/mol. The summed E-state index contributed by atoms with van der Waals surface area (Å²) in [6.07, 6.45) is 0.718. The summed E-state index contributed by atoms with van der Waals surface area (Å²) in [7, 11) is 1.67. The zero-order chi connectivity index (χ0) is 13.4. The van der Waals surface area contributed by atoms with Crippen molar-refractivity contribution in [2.75, 3.05) is 26.8 Å². The molecule has 0 saturated carbocycles. The molecule has 0 radical (unpaired) electrons. The summed E-state index contributed by atoms with van der Waals surface area (Å²) >= 11 is 0. The van der Waals surface area contributed by atoms with Gasteiger partial charge in [-0.05, 0) is 18.6 Å². The number of hydrogen-bond acceptors (Lipinski definition) is 4. The average Bonchev–Trinajstić information content (AvgIpc) is 2.42. The van der Waals surface area contributed by atoms with E-state index in [1.165, 1.54) is 4.90 Å². The van der Waals surface area contributed by atoms with E-state index in [0.29, 0.717) is 13.2 Å². The monoisotopic (exact) mass is 288 g/mol. The zero-order valence-electron chi connectivity index (χ0n) is 11.0. The molecular weight excluding hydrogens is 268 g/mol. The number of carbonyl (C=O) groups excluding carboxylic acids is 1. The first-order valence-electron chi connectivity index (χ1n) is 5.94. The van der Waals surface area contributed by atoms with Crippen LogP contribution in [0.5, 0.6) is 5.75 Å². The van der Waals surface area contributed by atoms with Gasteiger partial charge in [0.1, 0.15) is 11.8 Å². The van der Waals surface area contributed by atoms with Crippen molar-refractivity contribution in [3.63, 3.8) is 0 Å². The molecule has 1 atom stereocenters. The Morgan fingerprint density at radius 1 is 1.42 bits per heavy atom. The van der Waals surface area contributed by atoms with Crippen LogP contribution in [0.4, 0.5) is 0 Å². The van der Waals surface area contributed by atoms with Crippen LogP contribution in [0.1, 0.15) is 6.42 Å². The maximum absolute atomic E-state index is 11.5. The normalized spacial score (nSPS) is 11.3. The Hall–Kier alpha value is -1.30. The molecule has 1 aromatic rings. The molecular formula is C13H21ClN2O3. The molecule has 0 bridgehead atoms. The molecule has 19 heavy (non-hydrogen) atoms. The summed E-state index contributed by atoms with van der Waals surface area (Å²) < 4.78 is 5.50. The predicted octanol–water partition coefficient (Wildman–Crippen LogP) is 0.655. The lowest BCUT2D eigenvalue weighted by atomic mass is 10.3. The van der Waals surface area contributed by atoms with Crippen LogP contribution in [0.2, 0.25) is 0 Å². The van der Waals surface area contributed by atoms with E-state index >= 15 is 0 Å². The summed E-state index contributed by atoms with van der Waals surface area (Å²) in [6, 6.07) is 8.68. The van der Waals surface area contributed by atoms with Crippen molar-refractivity contribution >= 4 is 18.3 Å². The first-order chi connectivity index (χ1) is 8.65. The lowest BCUT2D eigenvalue weighted by Gasteiger charge is -2.20. The molecule has 0 aromatic heterocycles. The van der Waals surface area contributed by atoms with E-state index in [4.69, 9.17) is 15.6 Å². The third-order valence-corrected chi connectivity index (χ3v) is 2.54. The first-order valence-corrected chi connectivity index (χ1v) is 5.94. The number of halogens is 1. The Balaban J connectivity index is 0.00000324. The number of nitrogens with two attached hydrogens (primary N) is 1. The minimum atomic E-state index is -0.829. The van der Waals surface area contributed by atoms with Crippen molar-refractivity contribution in [3.05, 3.63) is 30.3 Å². The van der Waals surface area contributed by atoms with Gasteiger partial charge in [0.15, 0.2) is 0 Å². The van der Waals surface area contributed by atoms with E-state index in [2.05, 4.69) is 0 Å². The smallest absolute Gasteiger partial charge is 0.241 e. The molecule has 0 heterocycles. The number of likely N-dealkylation sites (N-methyl/N-ethyl adjacent to an activating group) is 1. The van der Waals surface area contributed by atoms with Crippen molar-refractivity contribution in [1.82, 2.24) is 4.90 Å². The number of ether oxygens (including phenoxy) is 1. The van der Waals surface area contributed by atoms with Crippen molar-refractivity contribution in [2.45, 2.75) is 12.5 Å². The van der Waals surface area contributed by atoms with E-state index < -0.39 is 6.04 Å². The van der Waals surface area contributed by atoms with Crippen LogP contribution in [0, 0.1) is 0 Å². The number of hydrogen-bond donors (Lipinski definition) is 2. The largest absolute Gasteiger partial charge is 0.494 e. The lowest BCUT2D eigenvalue weighted by molar-refractivity contribution is -0.132. The van der Waals surface area contributed by atoms with E-state index in [1.807, 2.05) is 30.3 Å². The van der Waals surface area contributed by atoms with Gasteiger partial charge in [-0.1, -0.05) is 18.2 Å². The van der Waals surface area contributed by atoms with E-state index in [0.717, 1.165) is 12.2 Å². The maximum Gasteiger partial charge on any atom is 0.241 e. The Labute approximate surface area is 119 Å². The Kier molecular flexibility index (Phi) is 8.95. The van der Waals surface area contributed by atoms with Crippen LogP contribution < -0.4 is 10.5 Å². The summed E-state index contributed by atoms with van der Waals surface area (Å²) in [5.41, 5.74) is 5.44. The standard InChI is InChI=1S/C13H20N2O3.ClH/c1-15(13(17)12(14)10-16)8-5-9-18-11-6-3-2-4-7-11;/h2-4,6-7,12,16H,5,8-10,14H2,1H3;1H. The molecule has 6 heteroatoms. The third kappa shape index (κ3) is 6.42. The molecule has 1 unspecified atom stereocenters. The summed E-state index contributed by atoms with van der Waals surface area (Å²) in [5, 5.41) is 8.78.